The number of fused-ring (bicyclic) bond motifs is 1. The highest BCUT2D eigenvalue weighted by molar-refractivity contribution is 6.04. The Hall–Kier alpha value is -3.73. The lowest BCUT2D eigenvalue weighted by Crippen LogP contribution is -2.31. The number of carbonyl (C=O) groups excluding carboxylic acids is 1. The van der Waals surface area contributed by atoms with Crippen LogP contribution in [0, 0.1) is 6.92 Å². The molecule has 0 unspecified atom stereocenters. The summed E-state index contributed by atoms with van der Waals surface area (Å²) >= 11 is 0. The lowest BCUT2D eigenvalue weighted by atomic mass is 10.1. The maximum absolute atomic E-state index is 13.3. The Bertz CT molecular complexity index is 1250. The van der Waals surface area contributed by atoms with Gasteiger partial charge in [-0.25, -0.2) is 0 Å². The third kappa shape index (κ3) is 3.55. The molecule has 0 spiro atoms. The minimum Gasteiger partial charge on any atom is -0.336 e. The van der Waals surface area contributed by atoms with E-state index in [1.807, 2.05) is 55.5 Å². The van der Waals surface area contributed by atoms with Gasteiger partial charge in [0.05, 0.1) is 11.1 Å². The summed E-state index contributed by atoms with van der Waals surface area (Å²) in [5.41, 5.74) is 2.84. The van der Waals surface area contributed by atoms with Crippen molar-refractivity contribution < 1.29 is 4.79 Å². The fourth-order valence-corrected chi connectivity index (χ4v) is 3.39. The van der Waals surface area contributed by atoms with E-state index in [0.29, 0.717) is 23.0 Å². The van der Waals surface area contributed by atoms with Gasteiger partial charge in [0.15, 0.2) is 5.69 Å². The Balaban J connectivity index is 1.82. The maximum Gasteiger partial charge on any atom is 0.279 e. The third-order valence-electron chi connectivity index (χ3n) is 5.02. The van der Waals surface area contributed by atoms with E-state index in [-0.39, 0.29) is 17.2 Å². The molecule has 29 heavy (non-hydrogen) atoms. The molecular weight excluding hydrogens is 362 g/mol. The number of rotatable bonds is 4. The van der Waals surface area contributed by atoms with Crippen LogP contribution in [0.2, 0.25) is 0 Å². The quantitative estimate of drug-likeness (QED) is 0.536. The van der Waals surface area contributed by atoms with Gasteiger partial charge < -0.3 is 4.90 Å². The van der Waals surface area contributed by atoms with Crippen molar-refractivity contribution in [2.45, 2.75) is 13.5 Å². The van der Waals surface area contributed by atoms with Gasteiger partial charge in [-0.1, -0.05) is 60.7 Å². The first-order valence-electron chi connectivity index (χ1n) is 9.44. The van der Waals surface area contributed by atoms with Crippen molar-refractivity contribution in [3.8, 4) is 5.69 Å². The molecule has 1 heterocycles. The Morgan fingerprint density at radius 2 is 1.52 bits per heavy atom. The lowest BCUT2D eigenvalue weighted by molar-refractivity contribution is 0.0779. The van der Waals surface area contributed by atoms with Gasteiger partial charge in [0.25, 0.3) is 11.5 Å². The van der Waals surface area contributed by atoms with E-state index in [9.17, 15) is 9.59 Å². The number of aryl methyl sites for hydroxylation is 1. The van der Waals surface area contributed by atoms with E-state index >= 15 is 0 Å². The Morgan fingerprint density at radius 3 is 2.24 bits per heavy atom. The van der Waals surface area contributed by atoms with Gasteiger partial charge in [-0.2, -0.15) is 9.78 Å². The molecule has 0 saturated heterocycles. The lowest BCUT2D eigenvalue weighted by Gasteiger charge is -2.19. The van der Waals surface area contributed by atoms with Crippen LogP contribution in [0.25, 0.3) is 16.5 Å². The smallest absolute Gasteiger partial charge is 0.279 e. The van der Waals surface area contributed by atoms with E-state index in [4.69, 9.17) is 0 Å². The summed E-state index contributed by atoms with van der Waals surface area (Å²) in [5, 5.41) is 5.50. The van der Waals surface area contributed by atoms with Crippen LogP contribution < -0.4 is 5.56 Å². The molecule has 0 bridgehead atoms. The number of para-hydroxylation sites is 1. The Labute approximate surface area is 168 Å². The van der Waals surface area contributed by atoms with Gasteiger partial charge in [0, 0.05) is 19.0 Å². The number of benzene rings is 3. The Morgan fingerprint density at radius 1 is 0.897 bits per heavy atom. The molecule has 1 amide bonds. The largest absolute Gasteiger partial charge is 0.336 e. The average molecular weight is 383 g/mol. The van der Waals surface area contributed by atoms with E-state index < -0.39 is 0 Å². The van der Waals surface area contributed by atoms with E-state index in [0.717, 1.165) is 11.1 Å². The van der Waals surface area contributed by atoms with Crippen molar-refractivity contribution in [2.24, 2.45) is 0 Å². The number of aromatic nitrogens is 2. The minimum absolute atomic E-state index is 0.228. The predicted octanol–water partition coefficient (Wildman–Crippen LogP) is 3.97. The highest BCUT2D eigenvalue weighted by Crippen LogP contribution is 2.18. The molecule has 144 valence electrons. The second kappa shape index (κ2) is 7.72. The van der Waals surface area contributed by atoms with Gasteiger partial charge in [-0.05, 0) is 36.2 Å². The Kier molecular flexibility index (Phi) is 4.96. The summed E-state index contributed by atoms with van der Waals surface area (Å²) in [7, 11) is 1.75. The predicted molar refractivity (Wildman–Crippen MR) is 114 cm³/mol. The standard InChI is InChI=1S/C24H21N3O2/c1-17-10-6-7-11-18(17)16-26(2)24(29)22-20-14-8-9-15-21(20)23(28)27(25-22)19-12-4-3-5-13-19/h3-15H,16H2,1-2H3. The number of carbonyl (C=O) groups is 1. The van der Waals surface area contributed by atoms with Crippen LogP contribution in [0.5, 0.6) is 0 Å². The van der Waals surface area contributed by atoms with Crippen LogP contribution in [0.4, 0.5) is 0 Å². The normalized spacial score (nSPS) is 10.8. The molecule has 0 N–H and O–H groups in total. The van der Waals surface area contributed by atoms with Gasteiger partial charge in [0.1, 0.15) is 0 Å². The van der Waals surface area contributed by atoms with E-state index in [2.05, 4.69) is 5.10 Å². The summed E-state index contributed by atoms with van der Waals surface area (Å²) in [6.45, 7) is 2.49. The zero-order valence-corrected chi connectivity index (χ0v) is 16.4. The SMILES string of the molecule is Cc1ccccc1CN(C)C(=O)c1nn(-c2ccccc2)c(=O)c2ccccc12. The number of amides is 1. The molecular formula is C24H21N3O2. The summed E-state index contributed by atoms with van der Waals surface area (Å²) in [4.78, 5) is 27.9. The summed E-state index contributed by atoms with van der Waals surface area (Å²) in [5.74, 6) is -0.228. The highest BCUT2D eigenvalue weighted by Gasteiger charge is 2.21. The number of hydrogen-bond acceptors (Lipinski definition) is 3. The van der Waals surface area contributed by atoms with Gasteiger partial charge >= 0.3 is 0 Å². The molecule has 5 heteroatoms. The molecule has 0 aliphatic rings. The first kappa shape index (κ1) is 18.6. The van der Waals surface area contributed by atoms with Crippen molar-refractivity contribution in [1.82, 2.24) is 14.7 Å². The monoisotopic (exact) mass is 383 g/mol. The molecule has 0 saturated carbocycles. The summed E-state index contributed by atoms with van der Waals surface area (Å²) in [6, 6.07) is 24.2. The molecule has 4 aromatic rings. The molecule has 0 radical (unpaired) electrons. The first-order valence-corrected chi connectivity index (χ1v) is 9.44. The van der Waals surface area contributed by atoms with Crippen molar-refractivity contribution in [1.29, 1.82) is 0 Å². The van der Waals surface area contributed by atoms with Crippen molar-refractivity contribution in [3.05, 3.63) is 106 Å². The molecule has 5 nitrogen and oxygen atoms in total. The number of nitrogens with zero attached hydrogens (tertiary/aromatic N) is 3. The maximum atomic E-state index is 13.3. The zero-order valence-electron chi connectivity index (χ0n) is 16.4. The minimum atomic E-state index is -0.245. The van der Waals surface area contributed by atoms with E-state index in [1.54, 1.807) is 42.3 Å². The van der Waals surface area contributed by atoms with Gasteiger partial charge in [0.2, 0.25) is 0 Å². The van der Waals surface area contributed by atoms with Crippen LogP contribution in [0.3, 0.4) is 0 Å². The topological polar surface area (TPSA) is 55.2 Å². The van der Waals surface area contributed by atoms with Gasteiger partial charge in [-0.3, -0.25) is 9.59 Å². The van der Waals surface area contributed by atoms with Crippen LogP contribution in [-0.2, 0) is 6.54 Å². The van der Waals surface area contributed by atoms with Gasteiger partial charge in [-0.15, -0.1) is 0 Å². The zero-order chi connectivity index (χ0) is 20.4. The third-order valence-corrected chi connectivity index (χ3v) is 5.02. The summed E-state index contributed by atoms with van der Waals surface area (Å²) in [6.07, 6.45) is 0. The van der Waals surface area contributed by atoms with Crippen LogP contribution in [0.15, 0.2) is 83.7 Å². The van der Waals surface area contributed by atoms with E-state index in [1.165, 1.54) is 4.68 Å². The van der Waals surface area contributed by atoms with Crippen LogP contribution in [0.1, 0.15) is 21.6 Å². The molecule has 4 rings (SSSR count). The van der Waals surface area contributed by atoms with Crippen molar-refractivity contribution in [2.75, 3.05) is 7.05 Å². The highest BCUT2D eigenvalue weighted by atomic mass is 16.2. The fraction of sp³-hybridized carbons (Fsp3) is 0.125. The molecule has 1 aromatic heterocycles. The fourth-order valence-electron chi connectivity index (χ4n) is 3.39. The molecule has 3 aromatic carbocycles. The second-order valence-corrected chi connectivity index (χ2v) is 7.03. The molecule has 0 aliphatic carbocycles. The average Bonchev–Trinajstić information content (AvgIpc) is 2.76. The molecule has 0 atom stereocenters. The van der Waals surface area contributed by atoms with Crippen LogP contribution in [-0.4, -0.2) is 27.6 Å². The summed E-state index contributed by atoms with van der Waals surface area (Å²) < 4.78 is 1.30. The van der Waals surface area contributed by atoms with Crippen molar-refractivity contribution in [3.63, 3.8) is 0 Å². The van der Waals surface area contributed by atoms with Crippen LogP contribution >= 0.6 is 0 Å². The first-order chi connectivity index (χ1) is 14.1. The second-order valence-electron chi connectivity index (χ2n) is 7.03. The number of hydrogen-bond donors (Lipinski definition) is 0. The molecule has 0 aliphatic heterocycles. The van der Waals surface area contributed by atoms with Crippen molar-refractivity contribution >= 4 is 16.7 Å². The molecule has 0 fully saturated rings.